The number of nitrogens with zero attached hydrogens (tertiary/aromatic N) is 4. The summed E-state index contributed by atoms with van der Waals surface area (Å²) in [5.74, 6) is 1.07. The molecule has 126 valence electrons. The maximum absolute atomic E-state index is 12.3. The van der Waals surface area contributed by atoms with Gasteiger partial charge in [-0.15, -0.1) is 22.7 Å². The van der Waals surface area contributed by atoms with Crippen LogP contribution in [0.4, 0.5) is 0 Å². The average molecular weight is 427 g/mol. The molecule has 3 heterocycles. The Morgan fingerprint density at radius 2 is 2.17 bits per heavy atom. The zero-order valence-corrected chi connectivity index (χ0v) is 16.4. The molecule has 3 rings (SSSR count). The van der Waals surface area contributed by atoms with Gasteiger partial charge in [-0.25, -0.2) is 4.98 Å². The number of hydrogen-bond acceptors (Lipinski definition) is 7. The van der Waals surface area contributed by atoms with E-state index in [1.807, 2.05) is 23.8 Å². The number of amides is 1. The standard InChI is InChI=1S/C15H15BrN4O2S2/c1-3-12-18-13(22-19-12)6-20(2)14(21)5-10-8-24-15(17-10)11-4-9(16)7-23-11/h4,7-8H,3,5-6H2,1-2H3. The second-order valence-corrected chi connectivity index (χ2v) is 7.84. The first-order valence-electron chi connectivity index (χ1n) is 7.29. The maximum atomic E-state index is 12.3. The van der Waals surface area contributed by atoms with E-state index in [1.165, 1.54) is 0 Å². The van der Waals surface area contributed by atoms with Crippen LogP contribution in [-0.2, 0) is 24.2 Å². The third-order valence-electron chi connectivity index (χ3n) is 3.29. The Morgan fingerprint density at radius 1 is 1.33 bits per heavy atom. The van der Waals surface area contributed by atoms with Crippen molar-refractivity contribution in [3.05, 3.63) is 38.7 Å². The molecule has 6 nitrogen and oxygen atoms in total. The Hall–Kier alpha value is -1.58. The van der Waals surface area contributed by atoms with Crippen molar-refractivity contribution in [1.82, 2.24) is 20.0 Å². The fourth-order valence-corrected chi connectivity index (χ4v) is 4.33. The van der Waals surface area contributed by atoms with Crippen molar-refractivity contribution >= 4 is 44.5 Å². The summed E-state index contributed by atoms with van der Waals surface area (Å²) in [5.41, 5.74) is 0.774. The monoisotopic (exact) mass is 426 g/mol. The van der Waals surface area contributed by atoms with Crippen molar-refractivity contribution in [2.24, 2.45) is 0 Å². The molecule has 0 aromatic carbocycles. The van der Waals surface area contributed by atoms with Crippen molar-refractivity contribution in [2.45, 2.75) is 26.3 Å². The quantitative estimate of drug-likeness (QED) is 0.599. The molecule has 0 aliphatic carbocycles. The predicted molar refractivity (Wildman–Crippen MR) is 97.0 cm³/mol. The van der Waals surface area contributed by atoms with E-state index in [4.69, 9.17) is 4.52 Å². The molecule has 0 aliphatic rings. The molecule has 0 spiro atoms. The summed E-state index contributed by atoms with van der Waals surface area (Å²) in [6.45, 7) is 2.26. The van der Waals surface area contributed by atoms with Crippen LogP contribution in [0.2, 0.25) is 0 Å². The summed E-state index contributed by atoms with van der Waals surface area (Å²) < 4.78 is 6.16. The van der Waals surface area contributed by atoms with E-state index in [9.17, 15) is 4.79 Å². The zero-order chi connectivity index (χ0) is 17.1. The summed E-state index contributed by atoms with van der Waals surface area (Å²) >= 11 is 6.61. The molecule has 0 saturated heterocycles. The fourth-order valence-electron chi connectivity index (χ4n) is 2.01. The highest BCUT2D eigenvalue weighted by atomic mass is 79.9. The first-order chi connectivity index (χ1) is 11.5. The van der Waals surface area contributed by atoms with Gasteiger partial charge < -0.3 is 9.42 Å². The van der Waals surface area contributed by atoms with Crippen LogP contribution in [0, 0.1) is 0 Å². The Morgan fingerprint density at radius 3 is 2.83 bits per heavy atom. The molecule has 0 fully saturated rings. The average Bonchev–Trinajstić information content (AvgIpc) is 3.28. The van der Waals surface area contributed by atoms with Gasteiger partial charge in [0.1, 0.15) is 5.01 Å². The lowest BCUT2D eigenvalue weighted by Gasteiger charge is -2.13. The van der Waals surface area contributed by atoms with Gasteiger partial charge in [-0.05, 0) is 22.0 Å². The Bertz CT molecular complexity index is 842. The van der Waals surface area contributed by atoms with Crippen molar-refractivity contribution in [1.29, 1.82) is 0 Å². The molecule has 24 heavy (non-hydrogen) atoms. The molecule has 0 atom stereocenters. The first kappa shape index (κ1) is 17.2. The third-order valence-corrected chi connectivity index (χ3v) is 6.04. The Labute approximate surface area is 155 Å². The van der Waals surface area contributed by atoms with Gasteiger partial charge in [0, 0.05) is 28.7 Å². The highest BCUT2D eigenvalue weighted by Gasteiger charge is 2.16. The number of carbonyl (C=O) groups excluding carboxylic acids is 1. The van der Waals surface area contributed by atoms with E-state index < -0.39 is 0 Å². The third kappa shape index (κ3) is 4.08. The second-order valence-electron chi connectivity index (χ2n) is 5.16. The van der Waals surface area contributed by atoms with Crippen LogP contribution >= 0.6 is 38.6 Å². The van der Waals surface area contributed by atoms with E-state index in [0.717, 1.165) is 20.1 Å². The van der Waals surface area contributed by atoms with Gasteiger partial charge in [0.15, 0.2) is 5.82 Å². The van der Waals surface area contributed by atoms with E-state index in [0.29, 0.717) is 24.7 Å². The lowest BCUT2D eigenvalue weighted by Crippen LogP contribution is -2.28. The molecule has 3 aromatic rings. The van der Waals surface area contributed by atoms with Crippen LogP contribution in [0.25, 0.3) is 9.88 Å². The zero-order valence-electron chi connectivity index (χ0n) is 13.2. The number of thiophene rings is 1. The van der Waals surface area contributed by atoms with Gasteiger partial charge in [0.25, 0.3) is 0 Å². The number of likely N-dealkylation sites (N-methyl/N-ethyl adjacent to an activating group) is 1. The lowest BCUT2D eigenvalue weighted by molar-refractivity contribution is -0.130. The largest absolute Gasteiger partial charge is 0.337 e. The van der Waals surface area contributed by atoms with Gasteiger partial charge in [-0.1, -0.05) is 12.1 Å². The number of carbonyl (C=O) groups is 1. The minimum absolute atomic E-state index is 0.0320. The van der Waals surface area contributed by atoms with Crippen molar-refractivity contribution in [3.63, 3.8) is 0 Å². The number of rotatable bonds is 6. The van der Waals surface area contributed by atoms with Crippen molar-refractivity contribution in [2.75, 3.05) is 7.05 Å². The molecule has 0 bridgehead atoms. The SMILES string of the molecule is CCc1noc(CN(C)C(=O)Cc2csc(-c3cc(Br)cs3)n2)n1. The molecular formula is C15H15BrN4O2S2. The van der Waals surface area contributed by atoms with E-state index >= 15 is 0 Å². The van der Waals surface area contributed by atoms with Gasteiger partial charge >= 0.3 is 0 Å². The smallest absolute Gasteiger partial charge is 0.246 e. The number of aromatic nitrogens is 3. The summed E-state index contributed by atoms with van der Waals surface area (Å²) in [6.07, 6.45) is 0.968. The number of thiazole rings is 1. The second kappa shape index (κ2) is 7.54. The maximum Gasteiger partial charge on any atom is 0.246 e. The van der Waals surface area contributed by atoms with Gasteiger partial charge in [-0.3, -0.25) is 4.79 Å². The summed E-state index contributed by atoms with van der Waals surface area (Å²) in [7, 11) is 1.72. The normalized spacial score (nSPS) is 11.0. The minimum Gasteiger partial charge on any atom is -0.337 e. The minimum atomic E-state index is -0.0320. The van der Waals surface area contributed by atoms with Gasteiger partial charge in [0.2, 0.25) is 11.8 Å². The molecular weight excluding hydrogens is 412 g/mol. The van der Waals surface area contributed by atoms with Gasteiger partial charge in [-0.2, -0.15) is 4.98 Å². The topological polar surface area (TPSA) is 72.1 Å². The number of hydrogen-bond donors (Lipinski definition) is 0. The number of aryl methyl sites for hydroxylation is 1. The fraction of sp³-hybridized carbons (Fsp3) is 0.333. The Kier molecular flexibility index (Phi) is 5.42. The molecule has 0 N–H and O–H groups in total. The summed E-state index contributed by atoms with van der Waals surface area (Å²) in [5, 5.41) is 8.71. The molecule has 1 amide bonds. The molecule has 3 aromatic heterocycles. The van der Waals surface area contributed by atoms with Crippen molar-refractivity contribution < 1.29 is 9.32 Å². The summed E-state index contributed by atoms with van der Waals surface area (Å²) in [6, 6.07) is 2.03. The van der Waals surface area contributed by atoms with Crippen molar-refractivity contribution in [3.8, 4) is 9.88 Å². The Balaban J connectivity index is 1.61. The lowest BCUT2D eigenvalue weighted by atomic mass is 10.3. The van der Waals surface area contributed by atoms with E-state index in [2.05, 4.69) is 31.1 Å². The molecule has 0 radical (unpaired) electrons. The summed E-state index contributed by atoms with van der Waals surface area (Å²) in [4.78, 5) is 23.8. The van der Waals surface area contributed by atoms with Crippen LogP contribution in [0.1, 0.15) is 24.3 Å². The first-order valence-corrected chi connectivity index (χ1v) is 9.84. The molecule has 0 unspecified atom stereocenters. The van der Waals surface area contributed by atoms with E-state index in [1.54, 1.807) is 34.6 Å². The van der Waals surface area contributed by atoms with Crippen LogP contribution in [0.15, 0.2) is 25.8 Å². The highest BCUT2D eigenvalue weighted by molar-refractivity contribution is 9.10. The van der Waals surface area contributed by atoms with Crippen LogP contribution in [0.3, 0.4) is 0 Å². The molecule has 9 heteroatoms. The van der Waals surface area contributed by atoms with Crippen LogP contribution in [0.5, 0.6) is 0 Å². The van der Waals surface area contributed by atoms with Gasteiger partial charge in [0.05, 0.1) is 23.5 Å². The molecule has 0 saturated carbocycles. The van der Waals surface area contributed by atoms with Crippen LogP contribution in [-0.4, -0.2) is 33.0 Å². The molecule has 0 aliphatic heterocycles. The van der Waals surface area contributed by atoms with Crippen LogP contribution < -0.4 is 0 Å². The highest BCUT2D eigenvalue weighted by Crippen LogP contribution is 2.32. The predicted octanol–water partition coefficient (Wildman–Crippen LogP) is 3.78. The number of halogens is 1. The van der Waals surface area contributed by atoms with E-state index in [-0.39, 0.29) is 12.3 Å².